The predicted octanol–water partition coefficient (Wildman–Crippen LogP) is 3.19. The summed E-state index contributed by atoms with van der Waals surface area (Å²) in [5.74, 6) is -1.27. The summed E-state index contributed by atoms with van der Waals surface area (Å²) in [4.78, 5) is 23.5. The van der Waals surface area contributed by atoms with Gasteiger partial charge in [0.15, 0.2) is 0 Å². The number of nitrogens with zero attached hydrogens (tertiary/aromatic N) is 1. The first kappa shape index (κ1) is 15.3. The Morgan fingerprint density at radius 3 is 2.62 bits per heavy atom. The van der Waals surface area contributed by atoms with Crippen LogP contribution in [-0.4, -0.2) is 17.0 Å². The maximum Gasteiger partial charge on any atom is 0.310 e. The third kappa shape index (κ3) is 3.34. The van der Waals surface area contributed by atoms with E-state index < -0.39 is 11.4 Å². The van der Waals surface area contributed by atoms with Crippen molar-refractivity contribution in [1.82, 2.24) is 0 Å². The molecular weight excluding hydrogens is 292 g/mol. The number of hydrogen-bond donors (Lipinski definition) is 2. The third-order valence-electron chi connectivity index (χ3n) is 3.88. The van der Waals surface area contributed by atoms with Gasteiger partial charge in [-0.15, -0.1) is 0 Å². The van der Waals surface area contributed by atoms with E-state index in [1.54, 1.807) is 6.07 Å². The second-order valence-corrected chi connectivity index (χ2v) is 5.73. The Bertz CT molecular complexity index is 616. The van der Waals surface area contributed by atoms with Crippen molar-refractivity contribution in [1.29, 1.82) is 5.26 Å². The molecule has 1 amide bonds. The van der Waals surface area contributed by atoms with E-state index in [0.717, 1.165) is 12.8 Å². The molecule has 1 aromatic rings. The molecule has 0 unspecified atom stereocenters. The largest absolute Gasteiger partial charge is 0.481 e. The fourth-order valence-corrected chi connectivity index (χ4v) is 2.88. The Morgan fingerprint density at radius 2 is 2.05 bits per heavy atom. The van der Waals surface area contributed by atoms with Crippen molar-refractivity contribution in [3.8, 4) is 6.07 Å². The molecule has 0 atom stereocenters. The van der Waals surface area contributed by atoms with E-state index in [1.807, 2.05) is 6.07 Å². The summed E-state index contributed by atoms with van der Waals surface area (Å²) < 4.78 is 0. The van der Waals surface area contributed by atoms with Gasteiger partial charge in [0.25, 0.3) is 0 Å². The zero-order valence-corrected chi connectivity index (χ0v) is 12.1. The minimum Gasteiger partial charge on any atom is -0.481 e. The highest BCUT2D eigenvalue weighted by Gasteiger charge is 2.42. The van der Waals surface area contributed by atoms with E-state index >= 15 is 0 Å². The molecule has 0 radical (unpaired) electrons. The molecule has 6 heteroatoms. The summed E-state index contributed by atoms with van der Waals surface area (Å²) in [6.07, 6.45) is 2.67. The van der Waals surface area contributed by atoms with Crippen LogP contribution in [0.5, 0.6) is 0 Å². The Balaban J connectivity index is 2.08. The molecule has 2 N–H and O–H groups in total. The quantitative estimate of drug-likeness (QED) is 0.893. The Morgan fingerprint density at radius 1 is 1.38 bits per heavy atom. The van der Waals surface area contributed by atoms with Gasteiger partial charge in [-0.2, -0.15) is 5.26 Å². The van der Waals surface area contributed by atoms with Gasteiger partial charge in [0.05, 0.1) is 16.0 Å². The highest BCUT2D eigenvalue weighted by Crippen LogP contribution is 2.41. The summed E-state index contributed by atoms with van der Waals surface area (Å²) in [6, 6.07) is 6.52. The van der Waals surface area contributed by atoms with Gasteiger partial charge in [-0.25, -0.2) is 0 Å². The smallest absolute Gasteiger partial charge is 0.310 e. The average molecular weight is 307 g/mol. The average Bonchev–Trinajstić information content (AvgIpc) is 2.90. The first-order valence-corrected chi connectivity index (χ1v) is 7.07. The van der Waals surface area contributed by atoms with Gasteiger partial charge >= 0.3 is 5.97 Å². The van der Waals surface area contributed by atoms with Crippen LogP contribution in [0.25, 0.3) is 0 Å². The van der Waals surface area contributed by atoms with Crippen LogP contribution in [0.3, 0.4) is 0 Å². The van der Waals surface area contributed by atoms with Crippen molar-refractivity contribution in [3.05, 3.63) is 28.8 Å². The van der Waals surface area contributed by atoms with Crippen molar-refractivity contribution >= 4 is 29.2 Å². The van der Waals surface area contributed by atoms with Gasteiger partial charge in [-0.05, 0) is 31.0 Å². The number of halogens is 1. The summed E-state index contributed by atoms with van der Waals surface area (Å²) in [7, 11) is 0. The fraction of sp³-hybridized carbons (Fsp3) is 0.400. The molecule has 2 rings (SSSR count). The van der Waals surface area contributed by atoms with Crippen LogP contribution in [0.4, 0.5) is 5.69 Å². The predicted molar refractivity (Wildman–Crippen MR) is 78.0 cm³/mol. The molecule has 1 saturated carbocycles. The SMILES string of the molecule is N#Cc1cc(NC(=O)CC2(C(=O)O)CCCC2)ccc1Cl. The molecule has 1 aliphatic carbocycles. The molecule has 21 heavy (non-hydrogen) atoms. The number of aliphatic carboxylic acids is 1. The summed E-state index contributed by atoms with van der Waals surface area (Å²) in [5.41, 5.74) is -0.239. The van der Waals surface area contributed by atoms with Gasteiger partial charge in [0.2, 0.25) is 5.91 Å². The van der Waals surface area contributed by atoms with Crippen LogP contribution < -0.4 is 5.32 Å². The van der Waals surface area contributed by atoms with E-state index in [4.69, 9.17) is 16.9 Å². The van der Waals surface area contributed by atoms with Crippen molar-refractivity contribution < 1.29 is 14.7 Å². The molecule has 110 valence electrons. The van der Waals surface area contributed by atoms with Crippen molar-refractivity contribution in [2.24, 2.45) is 5.41 Å². The fourth-order valence-electron chi connectivity index (χ4n) is 2.72. The van der Waals surface area contributed by atoms with Gasteiger partial charge in [-0.3, -0.25) is 9.59 Å². The minimum absolute atomic E-state index is 0.0488. The van der Waals surface area contributed by atoms with Crippen molar-refractivity contribution in [3.63, 3.8) is 0 Å². The number of nitrogens with one attached hydrogen (secondary N) is 1. The number of carbonyl (C=O) groups is 2. The molecule has 0 aromatic heterocycles. The summed E-state index contributed by atoms with van der Waals surface area (Å²) >= 11 is 5.82. The highest BCUT2D eigenvalue weighted by atomic mass is 35.5. The highest BCUT2D eigenvalue weighted by molar-refractivity contribution is 6.31. The van der Waals surface area contributed by atoms with Gasteiger partial charge < -0.3 is 10.4 Å². The molecule has 5 nitrogen and oxygen atoms in total. The normalized spacial score (nSPS) is 16.2. The molecule has 0 spiro atoms. The van der Waals surface area contributed by atoms with Crippen LogP contribution in [0.1, 0.15) is 37.7 Å². The number of carbonyl (C=O) groups excluding carboxylic acids is 1. The molecule has 0 bridgehead atoms. The van der Waals surface area contributed by atoms with Crippen LogP contribution in [-0.2, 0) is 9.59 Å². The number of anilines is 1. The topological polar surface area (TPSA) is 90.2 Å². The maximum atomic E-state index is 12.1. The first-order chi connectivity index (χ1) is 9.97. The lowest BCUT2D eigenvalue weighted by Crippen LogP contribution is -2.32. The molecule has 0 saturated heterocycles. The van der Waals surface area contributed by atoms with Gasteiger partial charge in [0.1, 0.15) is 6.07 Å². The summed E-state index contributed by atoms with van der Waals surface area (Å²) in [6.45, 7) is 0. The lowest BCUT2D eigenvalue weighted by atomic mass is 9.82. The second kappa shape index (κ2) is 6.15. The Labute approximate surface area is 127 Å². The number of rotatable bonds is 4. The van der Waals surface area contributed by atoms with Gasteiger partial charge in [-0.1, -0.05) is 24.4 Å². The molecule has 1 aromatic carbocycles. The molecular formula is C15H15ClN2O3. The number of carboxylic acid groups (broad SMARTS) is 1. The number of nitriles is 1. The monoisotopic (exact) mass is 306 g/mol. The number of carboxylic acids is 1. The van der Waals surface area contributed by atoms with E-state index in [0.29, 0.717) is 23.6 Å². The lowest BCUT2D eigenvalue weighted by Gasteiger charge is -2.22. The van der Waals surface area contributed by atoms with Crippen molar-refractivity contribution in [2.45, 2.75) is 32.1 Å². The maximum absolute atomic E-state index is 12.1. The van der Waals surface area contributed by atoms with Crippen molar-refractivity contribution in [2.75, 3.05) is 5.32 Å². The Kier molecular flexibility index (Phi) is 4.49. The minimum atomic E-state index is -0.950. The second-order valence-electron chi connectivity index (χ2n) is 5.32. The third-order valence-corrected chi connectivity index (χ3v) is 4.21. The number of hydrogen-bond acceptors (Lipinski definition) is 3. The Hall–Kier alpha value is -2.06. The van der Waals surface area contributed by atoms with E-state index in [9.17, 15) is 14.7 Å². The zero-order chi connectivity index (χ0) is 15.5. The van der Waals surface area contributed by atoms with Gasteiger partial charge in [0, 0.05) is 12.1 Å². The summed E-state index contributed by atoms with van der Waals surface area (Å²) in [5, 5.41) is 21.2. The molecule has 1 aliphatic rings. The van der Waals surface area contributed by atoms with E-state index in [2.05, 4.69) is 5.32 Å². The van der Waals surface area contributed by atoms with E-state index in [-0.39, 0.29) is 17.9 Å². The molecule has 0 aliphatic heterocycles. The van der Waals surface area contributed by atoms with E-state index in [1.165, 1.54) is 12.1 Å². The zero-order valence-electron chi connectivity index (χ0n) is 11.4. The standard InChI is InChI=1S/C15H15ClN2O3/c16-12-4-3-11(7-10(12)9-17)18-13(19)8-15(14(20)21)5-1-2-6-15/h3-4,7H,1-2,5-6,8H2,(H,18,19)(H,20,21). The number of benzene rings is 1. The van der Waals surface area contributed by atoms with Crippen LogP contribution in [0.2, 0.25) is 5.02 Å². The van der Waals surface area contributed by atoms with Crippen LogP contribution in [0.15, 0.2) is 18.2 Å². The molecule has 0 heterocycles. The number of amides is 1. The van der Waals surface area contributed by atoms with Crippen LogP contribution >= 0.6 is 11.6 Å². The molecule has 1 fully saturated rings. The lowest BCUT2D eigenvalue weighted by molar-refractivity contribution is -0.150. The first-order valence-electron chi connectivity index (χ1n) is 6.70. The van der Waals surface area contributed by atoms with Crippen LogP contribution in [0, 0.1) is 16.7 Å².